The molecule has 0 spiro atoms. The largest absolute Gasteiger partial charge is 0.457 e. The molecule has 6 heteroatoms. The van der Waals surface area contributed by atoms with Crippen molar-refractivity contribution in [1.29, 1.82) is 0 Å². The molecular weight excluding hydrogens is 343 g/mol. The normalized spacial score (nSPS) is 25.6. The van der Waals surface area contributed by atoms with Crippen LogP contribution in [0.2, 0.25) is 0 Å². The molecule has 4 nitrogen and oxygen atoms in total. The summed E-state index contributed by atoms with van der Waals surface area (Å²) in [5.41, 5.74) is -0.594. The molecule has 2 aromatic rings. The molecule has 1 fully saturated rings. The second-order valence-electron chi connectivity index (χ2n) is 6.79. The molecular formula is C19H19FO4S. The number of hydrogen-bond acceptors (Lipinski definition) is 4. The van der Waals surface area contributed by atoms with E-state index in [0.29, 0.717) is 5.56 Å². The Bertz CT molecular complexity index is 921. The molecule has 0 radical (unpaired) electrons. The van der Waals surface area contributed by atoms with Crippen LogP contribution < -0.4 is 0 Å². The van der Waals surface area contributed by atoms with Gasteiger partial charge in [-0.15, -0.1) is 0 Å². The van der Waals surface area contributed by atoms with Gasteiger partial charge < -0.3 is 4.74 Å². The molecule has 0 amide bonds. The fourth-order valence-electron chi connectivity index (χ4n) is 4.03. The van der Waals surface area contributed by atoms with E-state index in [1.165, 1.54) is 18.2 Å². The predicted octanol–water partition coefficient (Wildman–Crippen LogP) is 3.18. The van der Waals surface area contributed by atoms with Gasteiger partial charge in [-0.3, -0.25) is 4.79 Å². The Balaban J connectivity index is 2.41. The molecule has 0 bridgehead atoms. The van der Waals surface area contributed by atoms with Crippen molar-refractivity contribution in [3.05, 3.63) is 71.5 Å². The van der Waals surface area contributed by atoms with Crippen molar-refractivity contribution in [3.8, 4) is 0 Å². The maximum absolute atomic E-state index is 13.8. The molecule has 0 N–H and O–H groups in total. The zero-order chi connectivity index (χ0) is 18.5. The van der Waals surface area contributed by atoms with Crippen molar-refractivity contribution in [3.63, 3.8) is 0 Å². The number of esters is 1. The molecule has 0 aromatic heterocycles. The minimum atomic E-state index is -3.84. The lowest BCUT2D eigenvalue weighted by Crippen LogP contribution is -2.52. The summed E-state index contributed by atoms with van der Waals surface area (Å²) in [6, 6.07) is 14.0. The van der Waals surface area contributed by atoms with Gasteiger partial charge in [0.25, 0.3) is 0 Å². The summed E-state index contributed by atoms with van der Waals surface area (Å²) < 4.78 is 43.8. The van der Waals surface area contributed by atoms with Gasteiger partial charge in [0.05, 0.1) is 0 Å². The summed E-state index contributed by atoms with van der Waals surface area (Å²) in [6.45, 7) is 3.16. The lowest BCUT2D eigenvalue weighted by molar-refractivity contribution is -0.147. The standard InChI is InChI=1S/C19H19FO4S/c1-18(2)19(25(3,22)23,14-9-5-4-6-10-14)16(17(21)24-18)13-8-7-11-15(20)12-13/h4-12,16H,1-3H3. The first kappa shape index (κ1) is 17.6. The number of cyclic esters (lactones) is 1. The highest BCUT2D eigenvalue weighted by Gasteiger charge is 2.69. The minimum Gasteiger partial charge on any atom is -0.457 e. The minimum absolute atomic E-state index is 0.282. The summed E-state index contributed by atoms with van der Waals surface area (Å²) in [5, 5.41) is 0. The number of carbonyl (C=O) groups excluding carboxylic acids is 1. The van der Waals surface area contributed by atoms with Crippen LogP contribution in [0, 0.1) is 5.82 Å². The van der Waals surface area contributed by atoms with Crippen LogP contribution in [-0.2, 0) is 24.1 Å². The Morgan fingerprint density at radius 3 is 2.24 bits per heavy atom. The maximum Gasteiger partial charge on any atom is 0.316 e. The molecule has 1 heterocycles. The Morgan fingerprint density at radius 2 is 1.68 bits per heavy atom. The van der Waals surface area contributed by atoms with Gasteiger partial charge in [0, 0.05) is 6.26 Å². The number of ether oxygens (including phenoxy) is 1. The van der Waals surface area contributed by atoms with Gasteiger partial charge in [-0.05, 0) is 37.1 Å². The predicted molar refractivity (Wildman–Crippen MR) is 92.3 cm³/mol. The summed E-state index contributed by atoms with van der Waals surface area (Å²) in [5.74, 6) is -2.37. The van der Waals surface area contributed by atoms with E-state index in [-0.39, 0.29) is 5.56 Å². The first-order chi connectivity index (χ1) is 11.6. The fourth-order valence-corrected chi connectivity index (χ4v) is 6.19. The summed E-state index contributed by atoms with van der Waals surface area (Å²) in [6.07, 6.45) is 1.09. The van der Waals surface area contributed by atoms with Crippen molar-refractivity contribution < 1.29 is 22.3 Å². The monoisotopic (exact) mass is 362 g/mol. The quantitative estimate of drug-likeness (QED) is 0.787. The van der Waals surface area contributed by atoms with Gasteiger partial charge in [0.15, 0.2) is 14.6 Å². The molecule has 2 aromatic carbocycles. The maximum atomic E-state index is 13.8. The van der Waals surface area contributed by atoms with Gasteiger partial charge in [-0.2, -0.15) is 0 Å². The SMILES string of the molecule is CC1(C)OC(=O)C(c2cccc(F)c2)C1(c1ccccc1)S(C)(=O)=O. The molecule has 25 heavy (non-hydrogen) atoms. The number of sulfone groups is 1. The topological polar surface area (TPSA) is 60.4 Å². The zero-order valence-electron chi connectivity index (χ0n) is 14.2. The van der Waals surface area contributed by atoms with Crippen molar-refractivity contribution in [2.45, 2.75) is 30.1 Å². The van der Waals surface area contributed by atoms with Crippen molar-refractivity contribution >= 4 is 15.8 Å². The Kier molecular flexibility index (Phi) is 3.99. The molecule has 2 atom stereocenters. The van der Waals surface area contributed by atoms with E-state index < -0.39 is 37.9 Å². The molecule has 0 saturated carbocycles. The molecule has 0 aliphatic carbocycles. The van der Waals surface area contributed by atoms with Gasteiger partial charge in [-0.1, -0.05) is 42.5 Å². The van der Waals surface area contributed by atoms with E-state index in [9.17, 15) is 17.6 Å². The lowest BCUT2D eigenvalue weighted by Gasteiger charge is -2.40. The Labute approximate surface area is 146 Å². The second kappa shape index (κ2) is 5.66. The average Bonchev–Trinajstić information content (AvgIpc) is 2.73. The third kappa shape index (κ3) is 2.47. The average molecular weight is 362 g/mol. The van der Waals surface area contributed by atoms with Crippen LogP contribution in [0.15, 0.2) is 54.6 Å². The Morgan fingerprint density at radius 1 is 1.04 bits per heavy atom. The third-order valence-corrected chi connectivity index (χ3v) is 6.99. The van der Waals surface area contributed by atoms with Crippen LogP contribution in [0.5, 0.6) is 0 Å². The first-order valence-electron chi connectivity index (χ1n) is 7.85. The number of carbonyl (C=O) groups is 1. The molecule has 3 rings (SSSR count). The Hall–Kier alpha value is -2.21. The van der Waals surface area contributed by atoms with Gasteiger partial charge in [-0.25, -0.2) is 12.8 Å². The van der Waals surface area contributed by atoms with Crippen LogP contribution >= 0.6 is 0 Å². The van der Waals surface area contributed by atoms with Crippen LogP contribution in [-0.4, -0.2) is 26.2 Å². The summed E-state index contributed by atoms with van der Waals surface area (Å²) in [7, 11) is -3.84. The van der Waals surface area contributed by atoms with Gasteiger partial charge in [0.1, 0.15) is 17.3 Å². The highest BCUT2D eigenvalue weighted by atomic mass is 32.2. The van der Waals surface area contributed by atoms with E-state index in [4.69, 9.17) is 4.74 Å². The number of rotatable bonds is 3. The second-order valence-corrected chi connectivity index (χ2v) is 8.98. The highest BCUT2D eigenvalue weighted by molar-refractivity contribution is 7.91. The number of halogens is 1. The zero-order valence-corrected chi connectivity index (χ0v) is 15.0. The molecule has 132 valence electrons. The molecule has 2 unspecified atom stereocenters. The molecule has 1 saturated heterocycles. The third-order valence-electron chi connectivity index (χ3n) is 4.86. The summed E-state index contributed by atoms with van der Waals surface area (Å²) >= 11 is 0. The van der Waals surface area contributed by atoms with Gasteiger partial charge >= 0.3 is 5.97 Å². The van der Waals surface area contributed by atoms with E-state index in [2.05, 4.69) is 0 Å². The lowest BCUT2D eigenvalue weighted by atomic mass is 9.74. The van der Waals surface area contributed by atoms with E-state index in [0.717, 1.165) is 6.26 Å². The fraction of sp³-hybridized carbons (Fsp3) is 0.316. The highest BCUT2D eigenvalue weighted by Crippen LogP contribution is 2.57. The van der Waals surface area contributed by atoms with Crippen LogP contribution in [0.3, 0.4) is 0 Å². The van der Waals surface area contributed by atoms with Crippen molar-refractivity contribution in [2.75, 3.05) is 6.26 Å². The van der Waals surface area contributed by atoms with E-state index >= 15 is 0 Å². The molecule has 1 aliphatic heterocycles. The van der Waals surface area contributed by atoms with Crippen LogP contribution in [0.25, 0.3) is 0 Å². The van der Waals surface area contributed by atoms with E-state index in [1.807, 2.05) is 0 Å². The number of hydrogen-bond donors (Lipinski definition) is 0. The number of benzene rings is 2. The van der Waals surface area contributed by atoms with Crippen molar-refractivity contribution in [2.24, 2.45) is 0 Å². The summed E-state index contributed by atoms with van der Waals surface area (Å²) in [4.78, 5) is 12.7. The smallest absolute Gasteiger partial charge is 0.316 e. The first-order valence-corrected chi connectivity index (χ1v) is 9.74. The molecule has 1 aliphatic rings. The van der Waals surface area contributed by atoms with Crippen molar-refractivity contribution in [1.82, 2.24) is 0 Å². The van der Waals surface area contributed by atoms with Crippen LogP contribution in [0.4, 0.5) is 4.39 Å². The van der Waals surface area contributed by atoms with E-state index in [1.54, 1.807) is 50.2 Å². The van der Waals surface area contributed by atoms with Gasteiger partial charge in [0.2, 0.25) is 0 Å². The van der Waals surface area contributed by atoms with Crippen LogP contribution in [0.1, 0.15) is 30.9 Å².